The second-order valence-electron chi connectivity index (χ2n) is 7.83. The summed E-state index contributed by atoms with van der Waals surface area (Å²) in [7, 11) is 0. The number of nitrogens with two attached hydrogens (primary N) is 1. The number of hydrogen-bond acceptors (Lipinski definition) is 12. The number of nitrogens with zero attached hydrogens (tertiary/aromatic N) is 8. The van der Waals surface area contributed by atoms with Crippen molar-refractivity contribution < 1.29 is 24.5 Å². The molecule has 1 aromatic heterocycles. The number of fused-ring (bicyclic) bond motifs is 1. The van der Waals surface area contributed by atoms with Gasteiger partial charge in [0.2, 0.25) is 5.91 Å². The van der Waals surface area contributed by atoms with Crippen molar-refractivity contribution in [3.05, 3.63) is 11.9 Å². The number of rotatable bonds is 5. The second-order valence-corrected chi connectivity index (χ2v) is 7.83. The molecule has 0 saturated carbocycles. The molecule has 4 aliphatic heterocycles. The molecule has 3 amide bonds. The third-order valence-electron chi connectivity index (χ3n) is 5.85. The van der Waals surface area contributed by atoms with E-state index < -0.39 is 42.7 Å². The van der Waals surface area contributed by atoms with E-state index in [2.05, 4.69) is 30.6 Å². The van der Waals surface area contributed by atoms with Gasteiger partial charge in [0.05, 0.1) is 25.7 Å². The van der Waals surface area contributed by atoms with Crippen LogP contribution in [0.5, 0.6) is 0 Å². The van der Waals surface area contributed by atoms with Gasteiger partial charge in [0, 0.05) is 13.0 Å². The Morgan fingerprint density at radius 2 is 2.16 bits per heavy atom. The molecule has 0 radical (unpaired) electrons. The van der Waals surface area contributed by atoms with Crippen molar-refractivity contribution in [1.29, 1.82) is 0 Å². The highest BCUT2D eigenvalue weighted by molar-refractivity contribution is 5.97. The van der Waals surface area contributed by atoms with Gasteiger partial charge in [0.15, 0.2) is 12.4 Å². The average Bonchev–Trinajstić information content (AvgIpc) is 3.47. The Morgan fingerprint density at radius 3 is 2.94 bits per heavy atom. The number of hydrogen-bond donors (Lipinski definition) is 4. The number of carbonyl (C=O) groups excluding carboxylic acids is 2. The highest BCUT2D eigenvalue weighted by Crippen LogP contribution is 2.35. The number of aliphatic imine (C=N–C) groups is 3. The van der Waals surface area contributed by atoms with Crippen LogP contribution in [0.15, 0.2) is 21.2 Å². The predicted molar refractivity (Wildman–Crippen MR) is 107 cm³/mol. The Bertz CT molecular complexity index is 1010. The number of amides is 3. The first-order valence-electron chi connectivity index (χ1n) is 10.1. The number of carbonyl (C=O) groups is 2. The second kappa shape index (κ2) is 7.92. The largest absolute Gasteiger partial charge is 0.394 e. The maximum absolute atomic E-state index is 12.0. The lowest BCUT2D eigenvalue weighted by Gasteiger charge is -2.31. The lowest BCUT2D eigenvalue weighted by molar-refractivity contribution is -0.121. The van der Waals surface area contributed by atoms with Crippen molar-refractivity contribution in [3.63, 3.8) is 0 Å². The summed E-state index contributed by atoms with van der Waals surface area (Å²) in [5, 5.41) is 31.3. The van der Waals surface area contributed by atoms with Crippen LogP contribution in [0.25, 0.3) is 0 Å². The summed E-state index contributed by atoms with van der Waals surface area (Å²) in [5.41, 5.74) is 6.35. The number of urea groups is 1. The summed E-state index contributed by atoms with van der Waals surface area (Å²) in [6, 6.07) is -1.70. The zero-order valence-corrected chi connectivity index (χ0v) is 16.8. The van der Waals surface area contributed by atoms with Crippen molar-refractivity contribution >= 4 is 30.5 Å². The number of aromatic nitrogens is 3. The molecule has 0 aromatic carbocycles. The molecular formula is C17H22N10O5. The van der Waals surface area contributed by atoms with E-state index >= 15 is 0 Å². The highest BCUT2D eigenvalue weighted by atomic mass is 16.5. The van der Waals surface area contributed by atoms with Gasteiger partial charge in [-0.3, -0.25) is 15.1 Å². The van der Waals surface area contributed by atoms with Gasteiger partial charge in [0.25, 0.3) is 0 Å². The summed E-state index contributed by atoms with van der Waals surface area (Å²) in [5.74, 6) is -0.00292. The standard InChI is InChI=1S/C17H22N10O5/c18-14-11-15(20-6-19-14)26(7-21-11)16-13(30)12(9(5-28)32-16)27-4-8(23-24-27)3-25-2-1-10(29)22-17(25)31/h4,6-7,9,11-13,15-16,28,30H,1-3,5H2,(H2,18,19,20)(H,22,29,31)/t9-,11?,12+,13?,15?,16-/m1/s1. The molecule has 5 heterocycles. The van der Waals surface area contributed by atoms with Gasteiger partial charge in [-0.2, -0.15) is 0 Å². The molecule has 6 atom stereocenters. The minimum atomic E-state index is -1.10. The SMILES string of the molecule is NC1=NC=NC2C1N=CN2[C@@H]1O[C@H](CO)[C@H](n2cc(CN3CCC(=O)NC3=O)nn2)C1O. The topological polar surface area (TPSA) is 196 Å². The van der Waals surface area contributed by atoms with Crippen LogP contribution in [-0.4, -0.2) is 109 Å². The van der Waals surface area contributed by atoms with E-state index in [0.717, 1.165) is 0 Å². The summed E-state index contributed by atoms with van der Waals surface area (Å²) in [4.78, 5) is 38.9. The molecule has 32 heavy (non-hydrogen) atoms. The van der Waals surface area contributed by atoms with Gasteiger partial charge in [-0.25, -0.2) is 19.5 Å². The molecule has 5 N–H and O–H groups in total. The van der Waals surface area contributed by atoms with Crippen molar-refractivity contribution in [1.82, 2.24) is 30.1 Å². The van der Waals surface area contributed by atoms with Crippen LogP contribution in [-0.2, 0) is 16.1 Å². The Labute approximate surface area is 181 Å². The molecule has 3 unspecified atom stereocenters. The van der Waals surface area contributed by atoms with E-state index in [4.69, 9.17) is 10.5 Å². The van der Waals surface area contributed by atoms with E-state index in [9.17, 15) is 19.8 Å². The number of aliphatic hydroxyl groups excluding tert-OH is 2. The molecule has 2 saturated heterocycles. The van der Waals surface area contributed by atoms with Crippen LogP contribution in [0.3, 0.4) is 0 Å². The average molecular weight is 446 g/mol. The van der Waals surface area contributed by atoms with Gasteiger partial charge in [0.1, 0.15) is 42.2 Å². The van der Waals surface area contributed by atoms with Crippen LogP contribution in [0, 0.1) is 0 Å². The minimum absolute atomic E-state index is 0.145. The summed E-state index contributed by atoms with van der Waals surface area (Å²) in [6.07, 6.45) is 1.41. The first kappa shape index (κ1) is 20.5. The highest BCUT2D eigenvalue weighted by Gasteiger charge is 2.51. The quantitative estimate of drug-likeness (QED) is 0.359. The maximum Gasteiger partial charge on any atom is 0.324 e. The Kier molecular flexibility index (Phi) is 5.07. The van der Waals surface area contributed by atoms with Crippen molar-refractivity contribution in [2.75, 3.05) is 13.2 Å². The van der Waals surface area contributed by atoms with Gasteiger partial charge in [-0.05, 0) is 0 Å². The molecular weight excluding hydrogens is 424 g/mol. The number of imide groups is 1. The van der Waals surface area contributed by atoms with E-state index in [0.29, 0.717) is 11.5 Å². The van der Waals surface area contributed by atoms with Crippen LogP contribution < -0.4 is 11.1 Å². The third-order valence-corrected chi connectivity index (χ3v) is 5.85. The molecule has 15 nitrogen and oxygen atoms in total. The third kappa shape index (κ3) is 3.39. The Balaban J connectivity index is 1.31. The summed E-state index contributed by atoms with van der Waals surface area (Å²) >= 11 is 0. The van der Waals surface area contributed by atoms with Crippen LogP contribution in [0.4, 0.5) is 4.79 Å². The Hall–Kier alpha value is -3.43. The van der Waals surface area contributed by atoms with Crippen LogP contribution in [0.1, 0.15) is 18.2 Å². The maximum atomic E-state index is 12.0. The van der Waals surface area contributed by atoms with Gasteiger partial charge >= 0.3 is 6.03 Å². The molecule has 170 valence electrons. The van der Waals surface area contributed by atoms with Crippen molar-refractivity contribution in [2.45, 2.75) is 49.7 Å². The van der Waals surface area contributed by atoms with Gasteiger partial charge in [-0.15, -0.1) is 5.10 Å². The molecule has 5 rings (SSSR count). The fraction of sp³-hybridized carbons (Fsp3) is 0.588. The minimum Gasteiger partial charge on any atom is -0.394 e. The van der Waals surface area contributed by atoms with Crippen LogP contribution in [0.2, 0.25) is 0 Å². The molecule has 2 fully saturated rings. The fourth-order valence-corrected chi connectivity index (χ4v) is 4.24. The number of nitrogens with one attached hydrogen (secondary N) is 1. The smallest absolute Gasteiger partial charge is 0.324 e. The van der Waals surface area contributed by atoms with E-state index in [1.165, 1.54) is 22.3 Å². The predicted octanol–water partition coefficient (Wildman–Crippen LogP) is -3.22. The molecule has 15 heteroatoms. The summed E-state index contributed by atoms with van der Waals surface area (Å²) in [6.45, 7) is 0.0553. The normalized spacial score (nSPS) is 34.1. The van der Waals surface area contributed by atoms with E-state index in [1.54, 1.807) is 11.1 Å². The lowest BCUT2D eigenvalue weighted by Crippen LogP contribution is -2.51. The number of aliphatic hydroxyl groups is 2. The lowest BCUT2D eigenvalue weighted by atomic mass is 10.1. The monoisotopic (exact) mass is 446 g/mol. The molecule has 0 aliphatic carbocycles. The summed E-state index contributed by atoms with van der Waals surface area (Å²) < 4.78 is 7.34. The van der Waals surface area contributed by atoms with E-state index in [1.807, 2.05) is 0 Å². The molecule has 0 bridgehead atoms. The Morgan fingerprint density at radius 1 is 1.31 bits per heavy atom. The first-order chi connectivity index (χ1) is 15.5. The first-order valence-corrected chi connectivity index (χ1v) is 10.1. The fourth-order valence-electron chi connectivity index (χ4n) is 4.24. The van der Waals surface area contributed by atoms with Crippen molar-refractivity contribution in [3.8, 4) is 0 Å². The number of amidine groups is 1. The van der Waals surface area contributed by atoms with Crippen LogP contribution >= 0.6 is 0 Å². The zero-order valence-electron chi connectivity index (χ0n) is 16.8. The van der Waals surface area contributed by atoms with Gasteiger partial charge < -0.3 is 30.5 Å². The molecule has 4 aliphatic rings. The molecule has 0 spiro atoms. The molecule has 1 aromatic rings. The van der Waals surface area contributed by atoms with E-state index in [-0.39, 0.29) is 32.0 Å². The van der Waals surface area contributed by atoms with Gasteiger partial charge in [-0.1, -0.05) is 5.21 Å². The zero-order chi connectivity index (χ0) is 22.4. The number of ether oxygens (including phenoxy) is 1. The van der Waals surface area contributed by atoms with Crippen molar-refractivity contribution in [2.24, 2.45) is 20.7 Å².